The van der Waals surface area contributed by atoms with Crippen LogP contribution >= 0.6 is 0 Å². The number of alkyl halides is 3. The zero-order valence-electron chi connectivity index (χ0n) is 11.7. The molecule has 0 saturated carbocycles. The van der Waals surface area contributed by atoms with Gasteiger partial charge in [-0.3, -0.25) is 4.79 Å². The number of carbonyl (C=O) groups excluding carboxylic acids is 1. The van der Waals surface area contributed by atoms with Crippen molar-refractivity contribution >= 4 is 17.3 Å². The lowest BCUT2D eigenvalue weighted by atomic mass is 10.1. The van der Waals surface area contributed by atoms with Gasteiger partial charge in [0.25, 0.3) is 0 Å². The molecule has 2 aromatic rings. The van der Waals surface area contributed by atoms with Gasteiger partial charge in [-0.15, -0.1) is 13.2 Å². The van der Waals surface area contributed by atoms with E-state index in [4.69, 9.17) is 5.73 Å². The van der Waals surface area contributed by atoms with Gasteiger partial charge >= 0.3 is 6.36 Å². The Hall–Kier alpha value is -2.77. The van der Waals surface area contributed by atoms with E-state index in [2.05, 4.69) is 10.1 Å². The summed E-state index contributed by atoms with van der Waals surface area (Å²) in [5.74, 6) is -1.56. The molecule has 0 fully saturated rings. The fourth-order valence-electron chi connectivity index (χ4n) is 1.87. The van der Waals surface area contributed by atoms with Crippen LogP contribution in [-0.2, 0) is 11.2 Å². The first-order valence-corrected chi connectivity index (χ1v) is 6.42. The third kappa shape index (κ3) is 5.17. The topological polar surface area (TPSA) is 64.3 Å². The molecule has 0 unspecified atom stereocenters. The molecule has 0 heterocycles. The second kappa shape index (κ2) is 6.55. The SMILES string of the molecule is Nc1ccc(OC(F)(F)F)c(CC(=O)Nc2ccc(F)cc2)c1. The van der Waals surface area contributed by atoms with E-state index in [0.717, 1.165) is 18.2 Å². The summed E-state index contributed by atoms with van der Waals surface area (Å²) >= 11 is 0. The van der Waals surface area contributed by atoms with Gasteiger partial charge in [-0.05, 0) is 42.5 Å². The highest BCUT2D eigenvalue weighted by Crippen LogP contribution is 2.28. The third-order valence-corrected chi connectivity index (χ3v) is 2.79. The van der Waals surface area contributed by atoms with E-state index >= 15 is 0 Å². The minimum absolute atomic E-state index is 0.0121. The Morgan fingerprint density at radius 2 is 1.78 bits per heavy atom. The van der Waals surface area contributed by atoms with Crippen molar-refractivity contribution in [1.29, 1.82) is 0 Å². The van der Waals surface area contributed by atoms with Crippen molar-refractivity contribution in [3.05, 3.63) is 53.8 Å². The minimum Gasteiger partial charge on any atom is -0.405 e. The van der Waals surface area contributed by atoms with Crippen LogP contribution in [0.3, 0.4) is 0 Å². The molecule has 0 aliphatic heterocycles. The Morgan fingerprint density at radius 3 is 2.39 bits per heavy atom. The summed E-state index contributed by atoms with van der Waals surface area (Å²) in [4.78, 5) is 11.9. The maximum absolute atomic E-state index is 12.8. The molecular formula is C15H12F4N2O2. The molecule has 0 radical (unpaired) electrons. The summed E-state index contributed by atoms with van der Waals surface area (Å²) in [7, 11) is 0. The van der Waals surface area contributed by atoms with Crippen molar-refractivity contribution < 1.29 is 27.1 Å². The second-order valence-corrected chi connectivity index (χ2v) is 4.65. The molecule has 2 aromatic carbocycles. The number of nitrogen functional groups attached to an aromatic ring is 1. The van der Waals surface area contributed by atoms with Gasteiger partial charge in [0.15, 0.2) is 0 Å². The number of amides is 1. The van der Waals surface area contributed by atoms with Crippen LogP contribution < -0.4 is 15.8 Å². The average molecular weight is 328 g/mol. The summed E-state index contributed by atoms with van der Waals surface area (Å²) in [6.45, 7) is 0. The average Bonchev–Trinajstić information content (AvgIpc) is 2.43. The highest BCUT2D eigenvalue weighted by molar-refractivity contribution is 5.92. The lowest BCUT2D eigenvalue weighted by Gasteiger charge is -2.14. The van der Waals surface area contributed by atoms with Crippen LogP contribution in [-0.4, -0.2) is 12.3 Å². The number of rotatable bonds is 4. The van der Waals surface area contributed by atoms with Crippen LogP contribution in [0.15, 0.2) is 42.5 Å². The Balaban J connectivity index is 2.13. The van der Waals surface area contributed by atoms with Gasteiger partial charge in [-0.1, -0.05) is 0 Å². The number of nitrogens with one attached hydrogen (secondary N) is 1. The standard InChI is InChI=1S/C15H12F4N2O2/c16-10-1-4-12(5-2-10)21-14(22)8-9-7-11(20)3-6-13(9)23-15(17,18)19/h1-7H,8,20H2,(H,21,22). The lowest BCUT2D eigenvalue weighted by Crippen LogP contribution is -2.20. The number of carbonyl (C=O) groups is 1. The van der Waals surface area contributed by atoms with Gasteiger partial charge in [0.2, 0.25) is 5.91 Å². The first-order valence-electron chi connectivity index (χ1n) is 6.42. The van der Waals surface area contributed by atoms with E-state index in [1.54, 1.807) is 0 Å². The van der Waals surface area contributed by atoms with Gasteiger partial charge < -0.3 is 15.8 Å². The van der Waals surface area contributed by atoms with Crippen molar-refractivity contribution in [1.82, 2.24) is 0 Å². The molecule has 0 aliphatic rings. The van der Waals surface area contributed by atoms with E-state index in [1.165, 1.54) is 24.3 Å². The Labute approximate surface area is 128 Å². The predicted octanol–water partition coefficient (Wildman–Crippen LogP) is 3.49. The first kappa shape index (κ1) is 16.6. The van der Waals surface area contributed by atoms with Crippen molar-refractivity contribution in [2.24, 2.45) is 0 Å². The van der Waals surface area contributed by atoms with E-state index in [-0.39, 0.29) is 17.7 Å². The highest BCUT2D eigenvalue weighted by Gasteiger charge is 2.32. The van der Waals surface area contributed by atoms with Crippen LogP contribution in [0.5, 0.6) is 5.75 Å². The number of nitrogens with two attached hydrogens (primary N) is 1. The van der Waals surface area contributed by atoms with E-state index < -0.39 is 23.8 Å². The van der Waals surface area contributed by atoms with Gasteiger partial charge in [0.05, 0.1) is 6.42 Å². The van der Waals surface area contributed by atoms with Crippen molar-refractivity contribution in [2.75, 3.05) is 11.1 Å². The molecule has 4 nitrogen and oxygen atoms in total. The summed E-state index contributed by atoms with van der Waals surface area (Å²) in [5.41, 5.74) is 6.03. The number of hydrogen-bond acceptors (Lipinski definition) is 3. The van der Waals surface area contributed by atoms with Crippen molar-refractivity contribution in [3.63, 3.8) is 0 Å². The maximum Gasteiger partial charge on any atom is 0.573 e. The van der Waals surface area contributed by atoms with E-state index in [9.17, 15) is 22.4 Å². The fraction of sp³-hybridized carbons (Fsp3) is 0.133. The number of benzene rings is 2. The molecule has 0 bridgehead atoms. The molecule has 1 amide bonds. The van der Waals surface area contributed by atoms with Gasteiger partial charge in [0.1, 0.15) is 11.6 Å². The van der Waals surface area contributed by atoms with Crippen molar-refractivity contribution in [3.8, 4) is 5.75 Å². The van der Waals surface area contributed by atoms with Crippen LogP contribution in [0.4, 0.5) is 28.9 Å². The number of hydrogen-bond donors (Lipinski definition) is 2. The smallest absolute Gasteiger partial charge is 0.405 e. The predicted molar refractivity (Wildman–Crippen MR) is 76.3 cm³/mol. The number of halogens is 4. The Morgan fingerprint density at radius 1 is 1.13 bits per heavy atom. The molecule has 3 N–H and O–H groups in total. The summed E-state index contributed by atoms with van der Waals surface area (Å²) < 4.78 is 53.7. The molecule has 0 atom stereocenters. The summed E-state index contributed by atoms with van der Waals surface area (Å²) in [6, 6.07) is 8.47. The first-order chi connectivity index (χ1) is 10.7. The fourth-order valence-corrected chi connectivity index (χ4v) is 1.87. The minimum atomic E-state index is -4.88. The molecule has 122 valence electrons. The Bertz CT molecular complexity index is 700. The molecule has 2 rings (SSSR count). The van der Waals surface area contributed by atoms with Crippen molar-refractivity contribution in [2.45, 2.75) is 12.8 Å². The second-order valence-electron chi connectivity index (χ2n) is 4.65. The molecule has 0 aromatic heterocycles. The van der Waals surface area contributed by atoms with Crippen LogP contribution in [0.2, 0.25) is 0 Å². The maximum atomic E-state index is 12.8. The van der Waals surface area contributed by atoms with E-state index in [1.807, 2.05) is 0 Å². The molecule has 0 aliphatic carbocycles. The van der Waals surface area contributed by atoms with Crippen LogP contribution in [0, 0.1) is 5.82 Å². The molecular weight excluding hydrogens is 316 g/mol. The van der Waals surface area contributed by atoms with Gasteiger partial charge in [0, 0.05) is 16.9 Å². The third-order valence-electron chi connectivity index (χ3n) is 2.79. The quantitative estimate of drug-likeness (QED) is 0.667. The van der Waals surface area contributed by atoms with Crippen LogP contribution in [0.25, 0.3) is 0 Å². The van der Waals surface area contributed by atoms with Gasteiger partial charge in [-0.25, -0.2) is 4.39 Å². The normalized spacial score (nSPS) is 11.1. The summed E-state index contributed by atoms with van der Waals surface area (Å²) in [6.07, 6.45) is -5.26. The van der Waals surface area contributed by atoms with E-state index in [0.29, 0.717) is 5.69 Å². The number of ether oxygens (including phenoxy) is 1. The zero-order chi connectivity index (χ0) is 17.0. The molecule has 0 spiro atoms. The molecule has 23 heavy (non-hydrogen) atoms. The Kier molecular flexibility index (Phi) is 4.73. The zero-order valence-corrected chi connectivity index (χ0v) is 11.7. The van der Waals surface area contributed by atoms with Crippen LogP contribution in [0.1, 0.15) is 5.56 Å². The monoisotopic (exact) mass is 328 g/mol. The van der Waals surface area contributed by atoms with Gasteiger partial charge in [-0.2, -0.15) is 0 Å². The lowest BCUT2D eigenvalue weighted by molar-refractivity contribution is -0.274. The molecule has 8 heteroatoms. The summed E-state index contributed by atoms with van der Waals surface area (Å²) in [5, 5.41) is 2.44. The molecule has 0 saturated heterocycles. The highest BCUT2D eigenvalue weighted by atomic mass is 19.4. The largest absolute Gasteiger partial charge is 0.573 e. The number of anilines is 2.